The number of rotatable bonds is 3. The highest BCUT2D eigenvalue weighted by atomic mass is 35.5. The van der Waals surface area contributed by atoms with Crippen LogP contribution in [0.3, 0.4) is 0 Å². The van der Waals surface area contributed by atoms with Gasteiger partial charge < -0.3 is 10.4 Å². The first-order chi connectivity index (χ1) is 8.06. The van der Waals surface area contributed by atoms with E-state index in [4.69, 9.17) is 11.6 Å². The van der Waals surface area contributed by atoms with Gasteiger partial charge in [0.1, 0.15) is 0 Å². The standard InChI is InChI=1S/C12H15ClN2O2/c1-8-5-10(13)9(6-14-8)11(17)15-12(7-16)3-2-4-12/h5-6,16H,2-4,7H2,1H3,(H,15,17). The molecule has 1 aromatic rings. The van der Waals surface area contributed by atoms with Gasteiger partial charge in [-0.25, -0.2) is 0 Å². The van der Waals surface area contributed by atoms with Crippen molar-refractivity contribution < 1.29 is 9.90 Å². The Kier molecular flexibility index (Phi) is 3.35. The zero-order valence-electron chi connectivity index (χ0n) is 9.66. The number of carbonyl (C=O) groups excluding carboxylic acids is 1. The summed E-state index contributed by atoms with van der Waals surface area (Å²) in [7, 11) is 0. The number of aliphatic hydroxyl groups is 1. The molecule has 0 atom stereocenters. The molecule has 1 heterocycles. The summed E-state index contributed by atoms with van der Waals surface area (Å²) in [4.78, 5) is 16.1. The molecular formula is C12H15ClN2O2. The summed E-state index contributed by atoms with van der Waals surface area (Å²) >= 11 is 5.99. The zero-order chi connectivity index (χ0) is 12.5. The second-order valence-electron chi connectivity index (χ2n) is 4.55. The number of carbonyl (C=O) groups is 1. The van der Waals surface area contributed by atoms with Crippen LogP contribution in [0.1, 0.15) is 35.3 Å². The number of aromatic nitrogens is 1. The number of aryl methyl sites for hydroxylation is 1. The van der Waals surface area contributed by atoms with Gasteiger partial charge in [-0.15, -0.1) is 0 Å². The molecule has 1 aromatic heterocycles. The molecule has 2 N–H and O–H groups in total. The van der Waals surface area contributed by atoms with Crippen LogP contribution in [0.4, 0.5) is 0 Å². The average molecular weight is 255 g/mol. The van der Waals surface area contributed by atoms with Gasteiger partial charge in [0.05, 0.1) is 22.7 Å². The smallest absolute Gasteiger partial charge is 0.254 e. The molecule has 0 aromatic carbocycles. The maximum absolute atomic E-state index is 12.0. The van der Waals surface area contributed by atoms with E-state index in [1.807, 2.05) is 6.92 Å². The van der Waals surface area contributed by atoms with Gasteiger partial charge in [-0.1, -0.05) is 11.6 Å². The molecule has 1 saturated carbocycles. The van der Waals surface area contributed by atoms with E-state index >= 15 is 0 Å². The molecule has 1 aliphatic rings. The van der Waals surface area contributed by atoms with E-state index in [1.165, 1.54) is 6.20 Å². The fraction of sp³-hybridized carbons (Fsp3) is 0.500. The first-order valence-electron chi connectivity index (χ1n) is 5.62. The number of halogens is 1. The maximum Gasteiger partial charge on any atom is 0.254 e. The molecule has 0 unspecified atom stereocenters. The molecule has 1 aliphatic carbocycles. The number of nitrogens with one attached hydrogen (secondary N) is 1. The highest BCUT2D eigenvalue weighted by Gasteiger charge is 2.38. The topological polar surface area (TPSA) is 62.2 Å². The first kappa shape index (κ1) is 12.3. The van der Waals surface area contributed by atoms with Crippen molar-refractivity contribution in [2.75, 3.05) is 6.61 Å². The molecule has 0 spiro atoms. The van der Waals surface area contributed by atoms with Crippen molar-refractivity contribution in [2.24, 2.45) is 0 Å². The molecule has 5 heteroatoms. The second-order valence-corrected chi connectivity index (χ2v) is 4.96. The molecule has 92 valence electrons. The third-order valence-electron chi connectivity index (χ3n) is 3.23. The van der Waals surface area contributed by atoms with Gasteiger partial charge in [0.25, 0.3) is 5.91 Å². The Balaban J connectivity index is 2.14. The summed E-state index contributed by atoms with van der Waals surface area (Å²) in [6.45, 7) is 1.78. The van der Waals surface area contributed by atoms with Crippen molar-refractivity contribution in [1.29, 1.82) is 0 Å². The van der Waals surface area contributed by atoms with E-state index in [-0.39, 0.29) is 12.5 Å². The van der Waals surface area contributed by atoms with Gasteiger partial charge in [-0.2, -0.15) is 0 Å². The minimum atomic E-state index is -0.453. The first-order valence-corrected chi connectivity index (χ1v) is 6.00. The van der Waals surface area contributed by atoms with Crippen molar-refractivity contribution >= 4 is 17.5 Å². The van der Waals surface area contributed by atoms with Crippen molar-refractivity contribution in [2.45, 2.75) is 31.7 Å². The Morgan fingerprint density at radius 2 is 2.35 bits per heavy atom. The number of amides is 1. The van der Waals surface area contributed by atoms with Gasteiger partial charge in [-0.3, -0.25) is 9.78 Å². The van der Waals surface area contributed by atoms with Crippen LogP contribution in [0, 0.1) is 6.92 Å². The van der Waals surface area contributed by atoms with Crippen LogP contribution in [-0.4, -0.2) is 28.1 Å². The fourth-order valence-corrected chi connectivity index (χ4v) is 2.22. The van der Waals surface area contributed by atoms with E-state index in [0.717, 1.165) is 25.0 Å². The van der Waals surface area contributed by atoms with Crippen molar-refractivity contribution in [3.8, 4) is 0 Å². The van der Waals surface area contributed by atoms with Gasteiger partial charge in [0, 0.05) is 11.9 Å². The molecule has 2 rings (SSSR count). The Morgan fingerprint density at radius 1 is 1.65 bits per heavy atom. The molecule has 1 amide bonds. The Morgan fingerprint density at radius 3 is 2.82 bits per heavy atom. The number of hydrogen-bond acceptors (Lipinski definition) is 3. The summed E-state index contributed by atoms with van der Waals surface area (Å²) in [6.07, 6.45) is 4.12. The zero-order valence-corrected chi connectivity index (χ0v) is 10.4. The maximum atomic E-state index is 12.0. The lowest BCUT2D eigenvalue weighted by molar-refractivity contribution is 0.0641. The minimum absolute atomic E-state index is 0.0321. The quantitative estimate of drug-likeness (QED) is 0.863. The summed E-state index contributed by atoms with van der Waals surface area (Å²) in [5.41, 5.74) is 0.676. The van der Waals surface area contributed by atoms with Crippen LogP contribution in [0.25, 0.3) is 0 Å². The van der Waals surface area contributed by atoms with Crippen LogP contribution in [-0.2, 0) is 0 Å². The van der Waals surface area contributed by atoms with E-state index in [9.17, 15) is 9.90 Å². The molecule has 0 aliphatic heterocycles. The third-order valence-corrected chi connectivity index (χ3v) is 3.54. The predicted molar refractivity (Wildman–Crippen MR) is 65.1 cm³/mol. The molecule has 0 bridgehead atoms. The lowest BCUT2D eigenvalue weighted by Crippen LogP contribution is -2.56. The van der Waals surface area contributed by atoms with E-state index in [1.54, 1.807) is 6.07 Å². The average Bonchev–Trinajstić information content (AvgIpc) is 2.23. The van der Waals surface area contributed by atoms with Gasteiger partial charge in [-0.05, 0) is 32.3 Å². The highest BCUT2D eigenvalue weighted by molar-refractivity contribution is 6.33. The number of aliphatic hydroxyl groups excluding tert-OH is 1. The van der Waals surface area contributed by atoms with E-state index < -0.39 is 5.54 Å². The number of nitrogens with zero attached hydrogens (tertiary/aromatic N) is 1. The van der Waals surface area contributed by atoms with Gasteiger partial charge in [0.2, 0.25) is 0 Å². The van der Waals surface area contributed by atoms with E-state index in [0.29, 0.717) is 10.6 Å². The van der Waals surface area contributed by atoms with Crippen molar-refractivity contribution in [3.05, 3.63) is 28.5 Å². The lowest BCUT2D eigenvalue weighted by atomic mass is 9.77. The summed E-state index contributed by atoms with van der Waals surface area (Å²) < 4.78 is 0. The van der Waals surface area contributed by atoms with Crippen molar-refractivity contribution in [1.82, 2.24) is 10.3 Å². The van der Waals surface area contributed by atoms with Crippen LogP contribution in [0.15, 0.2) is 12.3 Å². The number of pyridine rings is 1. The molecule has 4 nitrogen and oxygen atoms in total. The summed E-state index contributed by atoms with van der Waals surface area (Å²) in [6, 6.07) is 1.66. The normalized spacial score (nSPS) is 17.4. The Hall–Kier alpha value is -1.13. The third kappa shape index (κ3) is 2.42. The largest absolute Gasteiger partial charge is 0.394 e. The molecule has 0 radical (unpaired) electrons. The number of hydrogen-bond donors (Lipinski definition) is 2. The monoisotopic (exact) mass is 254 g/mol. The second kappa shape index (κ2) is 4.63. The summed E-state index contributed by atoms with van der Waals surface area (Å²) in [5.74, 6) is -0.267. The Bertz CT molecular complexity index is 439. The van der Waals surface area contributed by atoms with Gasteiger partial charge >= 0.3 is 0 Å². The van der Waals surface area contributed by atoms with Crippen LogP contribution in [0.5, 0.6) is 0 Å². The van der Waals surface area contributed by atoms with Gasteiger partial charge in [0.15, 0.2) is 0 Å². The van der Waals surface area contributed by atoms with E-state index in [2.05, 4.69) is 10.3 Å². The highest BCUT2D eigenvalue weighted by Crippen LogP contribution is 2.31. The van der Waals surface area contributed by atoms with Crippen LogP contribution in [0.2, 0.25) is 5.02 Å². The van der Waals surface area contributed by atoms with Crippen LogP contribution < -0.4 is 5.32 Å². The lowest BCUT2D eigenvalue weighted by Gasteiger charge is -2.40. The molecule has 1 fully saturated rings. The molecule has 17 heavy (non-hydrogen) atoms. The summed E-state index contributed by atoms with van der Waals surface area (Å²) in [5, 5.41) is 12.5. The SMILES string of the molecule is Cc1cc(Cl)c(C(=O)NC2(CO)CCC2)cn1. The minimum Gasteiger partial charge on any atom is -0.394 e. The van der Waals surface area contributed by atoms with Crippen LogP contribution >= 0.6 is 11.6 Å². The predicted octanol–water partition coefficient (Wildman–Crippen LogP) is 1.69. The van der Waals surface area contributed by atoms with Crippen molar-refractivity contribution in [3.63, 3.8) is 0 Å². The fourth-order valence-electron chi connectivity index (χ4n) is 1.93. The Labute approximate surface area is 105 Å². The molecular weight excluding hydrogens is 240 g/mol. The molecule has 0 saturated heterocycles.